The highest BCUT2D eigenvalue weighted by Crippen LogP contribution is 2.33. The number of benzene rings is 1. The Hall–Kier alpha value is -1.76. The first-order valence-electron chi connectivity index (χ1n) is 6.16. The Morgan fingerprint density at radius 2 is 1.83 bits per heavy atom. The van der Waals surface area contributed by atoms with Gasteiger partial charge in [-0.3, -0.25) is 0 Å². The molecule has 0 aliphatic heterocycles. The normalized spacial score (nSPS) is 12.8. The lowest BCUT2D eigenvalue weighted by molar-refractivity contribution is 0.414. The van der Waals surface area contributed by atoms with E-state index in [0.717, 1.165) is 5.75 Å². The van der Waals surface area contributed by atoms with Crippen LogP contribution in [0.5, 0.6) is 5.75 Å². The zero-order valence-electron chi connectivity index (χ0n) is 11.7. The zero-order chi connectivity index (χ0) is 13.6. The summed E-state index contributed by atoms with van der Waals surface area (Å²) in [5, 5.41) is 0. The number of allylic oxidation sites excluding steroid dienone is 5. The second-order valence-corrected chi connectivity index (χ2v) is 4.71. The summed E-state index contributed by atoms with van der Waals surface area (Å²) in [6, 6.07) is 8.22. The minimum absolute atomic E-state index is 0.0486. The first-order chi connectivity index (χ1) is 8.56. The Morgan fingerprint density at radius 1 is 1.22 bits per heavy atom. The molecule has 0 atom stereocenters. The third kappa shape index (κ3) is 3.13. The summed E-state index contributed by atoms with van der Waals surface area (Å²) in [5.74, 6) is 0.884. The van der Waals surface area contributed by atoms with E-state index in [1.165, 1.54) is 11.1 Å². The number of rotatable bonds is 5. The van der Waals surface area contributed by atoms with Crippen LogP contribution in [0.1, 0.15) is 26.3 Å². The topological polar surface area (TPSA) is 9.23 Å². The molecule has 1 heteroatoms. The van der Waals surface area contributed by atoms with Crippen molar-refractivity contribution in [3.8, 4) is 5.75 Å². The van der Waals surface area contributed by atoms with Crippen molar-refractivity contribution in [2.75, 3.05) is 7.11 Å². The summed E-state index contributed by atoms with van der Waals surface area (Å²) in [5.41, 5.74) is 2.45. The molecule has 1 nitrogen and oxygen atoms in total. The van der Waals surface area contributed by atoms with E-state index in [9.17, 15) is 0 Å². The summed E-state index contributed by atoms with van der Waals surface area (Å²) in [6.07, 6.45) is 8.08. The smallest absolute Gasteiger partial charge is 0.118 e. The van der Waals surface area contributed by atoms with E-state index in [0.29, 0.717) is 0 Å². The van der Waals surface area contributed by atoms with Gasteiger partial charge in [0.1, 0.15) is 5.75 Å². The standard InChI is InChI=1S/C17H22O/c1-6-8-14(9-7-2)17(3,4)15-10-12-16(18-5)13-11-15/h6-13H,1H2,2-5H3/b9-7-,14-8+. The van der Waals surface area contributed by atoms with Crippen LogP contribution in [0.25, 0.3) is 0 Å². The van der Waals surface area contributed by atoms with Crippen LogP contribution in [0.3, 0.4) is 0 Å². The molecule has 0 N–H and O–H groups in total. The Bertz CT molecular complexity index is 447. The van der Waals surface area contributed by atoms with Gasteiger partial charge in [0.15, 0.2) is 0 Å². The van der Waals surface area contributed by atoms with Crippen molar-refractivity contribution < 1.29 is 4.74 Å². The molecule has 0 fully saturated rings. The van der Waals surface area contributed by atoms with E-state index >= 15 is 0 Å². The minimum atomic E-state index is -0.0486. The molecule has 0 unspecified atom stereocenters. The largest absolute Gasteiger partial charge is 0.497 e. The molecule has 0 heterocycles. The van der Waals surface area contributed by atoms with Gasteiger partial charge in [0.2, 0.25) is 0 Å². The van der Waals surface area contributed by atoms with E-state index < -0.39 is 0 Å². The van der Waals surface area contributed by atoms with Gasteiger partial charge in [-0.1, -0.05) is 56.9 Å². The molecule has 0 spiro atoms. The van der Waals surface area contributed by atoms with Gasteiger partial charge in [0, 0.05) is 5.41 Å². The van der Waals surface area contributed by atoms with E-state index in [-0.39, 0.29) is 5.41 Å². The molecule has 96 valence electrons. The van der Waals surface area contributed by atoms with Crippen molar-refractivity contribution in [1.29, 1.82) is 0 Å². The van der Waals surface area contributed by atoms with E-state index in [4.69, 9.17) is 4.74 Å². The van der Waals surface area contributed by atoms with E-state index in [2.05, 4.69) is 50.8 Å². The van der Waals surface area contributed by atoms with Crippen LogP contribution < -0.4 is 4.74 Å². The number of methoxy groups -OCH3 is 1. The van der Waals surface area contributed by atoms with Crippen molar-refractivity contribution in [2.45, 2.75) is 26.2 Å². The monoisotopic (exact) mass is 242 g/mol. The molecule has 1 aromatic rings. The van der Waals surface area contributed by atoms with Gasteiger partial charge < -0.3 is 4.74 Å². The molecule has 0 amide bonds. The maximum Gasteiger partial charge on any atom is 0.118 e. The van der Waals surface area contributed by atoms with Crippen LogP contribution in [0.2, 0.25) is 0 Å². The molecule has 0 aromatic heterocycles. The molecule has 0 aliphatic rings. The maximum absolute atomic E-state index is 5.19. The predicted octanol–water partition coefficient (Wildman–Crippen LogP) is 4.66. The second-order valence-electron chi connectivity index (χ2n) is 4.71. The van der Waals surface area contributed by atoms with Gasteiger partial charge in [-0.15, -0.1) is 0 Å². The quantitative estimate of drug-likeness (QED) is 0.682. The molecular weight excluding hydrogens is 220 g/mol. The average molecular weight is 242 g/mol. The maximum atomic E-state index is 5.19. The number of ether oxygens (including phenoxy) is 1. The van der Waals surface area contributed by atoms with Crippen molar-refractivity contribution in [1.82, 2.24) is 0 Å². The Balaban J connectivity index is 3.16. The predicted molar refractivity (Wildman–Crippen MR) is 79.1 cm³/mol. The van der Waals surface area contributed by atoms with Gasteiger partial charge in [0.25, 0.3) is 0 Å². The van der Waals surface area contributed by atoms with Crippen molar-refractivity contribution in [3.63, 3.8) is 0 Å². The Kier molecular flexibility index (Phi) is 4.96. The van der Waals surface area contributed by atoms with Crippen LogP contribution in [-0.2, 0) is 5.41 Å². The highest BCUT2D eigenvalue weighted by molar-refractivity contribution is 5.43. The van der Waals surface area contributed by atoms with Crippen LogP contribution in [0.4, 0.5) is 0 Å². The zero-order valence-corrected chi connectivity index (χ0v) is 11.7. The third-order valence-electron chi connectivity index (χ3n) is 3.18. The SMILES string of the molecule is C=C/C=C(\C=C/C)C(C)(C)c1ccc(OC)cc1. The van der Waals surface area contributed by atoms with Crippen molar-refractivity contribution >= 4 is 0 Å². The summed E-state index contributed by atoms with van der Waals surface area (Å²) in [4.78, 5) is 0. The van der Waals surface area contributed by atoms with Crippen LogP contribution >= 0.6 is 0 Å². The molecule has 1 rings (SSSR count). The van der Waals surface area contributed by atoms with Gasteiger partial charge in [-0.05, 0) is 30.2 Å². The average Bonchev–Trinajstić information content (AvgIpc) is 2.38. The van der Waals surface area contributed by atoms with E-state index in [1.54, 1.807) is 7.11 Å². The fraction of sp³-hybridized carbons (Fsp3) is 0.294. The van der Waals surface area contributed by atoms with Gasteiger partial charge in [-0.25, -0.2) is 0 Å². The number of hydrogen-bond acceptors (Lipinski definition) is 1. The fourth-order valence-corrected chi connectivity index (χ4v) is 1.95. The highest BCUT2D eigenvalue weighted by atomic mass is 16.5. The molecule has 0 saturated carbocycles. The first-order valence-corrected chi connectivity index (χ1v) is 6.16. The van der Waals surface area contributed by atoms with Crippen LogP contribution in [0, 0.1) is 0 Å². The van der Waals surface area contributed by atoms with Gasteiger partial charge >= 0.3 is 0 Å². The number of hydrogen-bond donors (Lipinski definition) is 0. The summed E-state index contributed by atoms with van der Waals surface area (Å²) in [7, 11) is 1.68. The van der Waals surface area contributed by atoms with Gasteiger partial charge in [-0.2, -0.15) is 0 Å². The fourth-order valence-electron chi connectivity index (χ4n) is 1.95. The van der Waals surface area contributed by atoms with Crippen molar-refractivity contribution in [3.05, 3.63) is 66.3 Å². The molecule has 18 heavy (non-hydrogen) atoms. The highest BCUT2D eigenvalue weighted by Gasteiger charge is 2.23. The molecular formula is C17H22O. The lowest BCUT2D eigenvalue weighted by Gasteiger charge is -2.27. The summed E-state index contributed by atoms with van der Waals surface area (Å²) >= 11 is 0. The molecule has 0 radical (unpaired) electrons. The Labute approximate surface area is 110 Å². The Morgan fingerprint density at radius 3 is 2.28 bits per heavy atom. The van der Waals surface area contributed by atoms with Gasteiger partial charge in [0.05, 0.1) is 7.11 Å². The lowest BCUT2D eigenvalue weighted by atomic mass is 9.77. The van der Waals surface area contributed by atoms with Crippen LogP contribution in [-0.4, -0.2) is 7.11 Å². The summed E-state index contributed by atoms with van der Waals surface area (Å²) < 4.78 is 5.19. The molecule has 0 saturated heterocycles. The molecule has 1 aromatic carbocycles. The molecule has 0 bridgehead atoms. The van der Waals surface area contributed by atoms with E-state index in [1.807, 2.05) is 25.1 Å². The summed E-state index contributed by atoms with van der Waals surface area (Å²) in [6.45, 7) is 10.2. The lowest BCUT2D eigenvalue weighted by Crippen LogP contribution is -2.19. The van der Waals surface area contributed by atoms with Crippen LogP contribution in [0.15, 0.2) is 60.7 Å². The minimum Gasteiger partial charge on any atom is -0.497 e. The second kappa shape index (κ2) is 6.25. The molecule has 0 aliphatic carbocycles. The first kappa shape index (κ1) is 14.3. The van der Waals surface area contributed by atoms with Crippen molar-refractivity contribution in [2.24, 2.45) is 0 Å². The third-order valence-corrected chi connectivity index (χ3v) is 3.18.